The lowest BCUT2D eigenvalue weighted by Crippen LogP contribution is -2.15. The van der Waals surface area contributed by atoms with E-state index in [1.807, 2.05) is 30.3 Å². The second-order valence-corrected chi connectivity index (χ2v) is 6.95. The van der Waals surface area contributed by atoms with Gasteiger partial charge >= 0.3 is 7.60 Å². The van der Waals surface area contributed by atoms with E-state index in [9.17, 15) is 4.57 Å². The van der Waals surface area contributed by atoms with Crippen LogP contribution in [0.15, 0.2) is 35.5 Å². The highest BCUT2D eigenvalue weighted by atomic mass is 31.2. The molecule has 1 aliphatic rings. The lowest BCUT2D eigenvalue weighted by molar-refractivity contribution is 0.0956. The molecule has 6 nitrogen and oxygen atoms in total. The van der Waals surface area contributed by atoms with E-state index in [-0.39, 0.29) is 0 Å². The highest BCUT2D eigenvalue weighted by Crippen LogP contribution is 2.55. The maximum atomic E-state index is 12.6. The van der Waals surface area contributed by atoms with Crippen LogP contribution in [0.3, 0.4) is 0 Å². The van der Waals surface area contributed by atoms with Crippen LogP contribution in [0.5, 0.6) is 0 Å². The summed E-state index contributed by atoms with van der Waals surface area (Å²) in [6, 6.07) is 9.88. The minimum atomic E-state index is -3.29. The van der Waals surface area contributed by atoms with Gasteiger partial charge in [0.25, 0.3) is 0 Å². The molecular weight excluding hydrogens is 305 g/mol. The Balaban J connectivity index is 1.80. The van der Waals surface area contributed by atoms with Crippen molar-refractivity contribution < 1.29 is 23.2 Å². The molecule has 1 heterocycles. The van der Waals surface area contributed by atoms with Crippen molar-refractivity contribution in [3.63, 3.8) is 0 Å². The van der Waals surface area contributed by atoms with Crippen LogP contribution in [0.25, 0.3) is 0 Å². The molecule has 0 aromatic heterocycles. The van der Waals surface area contributed by atoms with E-state index in [2.05, 4.69) is 5.16 Å². The molecule has 0 saturated carbocycles. The van der Waals surface area contributed by atoms with Crippen molar-refractivity contribution in [3.05, 3.63) is 35.9 Å². The first-order valence-corrected chi connectivity index (χ1v) is 9.01. The molecule has 0 amide bonds. The van der Waals surface area contributed by atoms with Crippen molar-refractivity contribution in [1.29, 1.82) is 0 Å². The summed E-state index contributed by atoms with van der Waals surface area (Å²) in [5.41, 5.74) is 1.80. The van der Waals surface area contributed by atoms with Crippen LogP contribution in [-0.2, 0) is 29.8 Å². The Morgan fingerprint density at radius 1 is 1.18 bits per heavy atom. The summed E-state index contributed by atoms with van der Waals surface area (Å²) in [5.74, 6) is -0.678. The van der Waals surface area contributed by atoms with Crippen molar-refractivity contribution in [2.75, 3.05) is 19.8 Å². The zero-order valence-corrected chi connectivity index (χ0v) is 13.8. The van der Waals surface area contributed by atoms with Crippen molar-refractivity contribution in [2.45, 2.75) is 32.7 Å². The summed E-state index contributed by atoms with van der Waals surface area (Å²) >= 11 is 0. The SMILES string of the molecule is CCOP(=O)(OCC)[C@@H]1CC(COCc2ccccc2)=NO1. The van der Waals surface area contributed by atoms with Gasteiger partial charge in [-0.25, -0.2) is 0 Å². The minimum Gasteiger partial charge on any atom is -0.379 e. The lowest BCUT2D eigenvalue weighted by Gasteiger charge is -2.20. The number of nitrogens with zero attached hydrogens (tertiary/aromatic N) is 1. The van der Waals surface area contributed by atoms with E-state index in [0.717, 1.165) is 5.56 Å². The third-order valence-electron chi connectivity index (χ3n) is 3.06. The summed E-state index contributed by atoms with van der Waals surface area (Å²) < 4.78 is 28.7. The van der Waals surface area contributed by atoms with Crippen LogP contribution in [0.1, 0.15) is 25.8 Å². The lowest BCUT2D eigenvalue weighted by atomic mass is 10.2. The van der Waals surface area contributed by atoms with Gasteiger partial charge in [0, 0.05) is 6.42 Å². The van der Waals surface area contributed by atoms with Crippen molar-refractivity contribution in [1.82, 2.24) is 0 Å². The number of hydrogen-bond acceptors (Lipinski definition) is 6. The average Bonchev–Trinajstić information content (AvgIpc) is 2.98. The molecule has 0 saturated heterocycles. The molecule has 1 aromatic carbocycles. The van der Waals surface area contributed by atoms with E-state index in [4.69, 9.17) is 18.6 Å². The molecule has 1 aliphatic heterocycles. The molecule has 1 atom stereocenters. The maximum absolute atomic E-state index is 12.6. The predicted octanol–water partition coefficient (Wildman–Crippen LogP) is 3.57. The van der Waals surface area contributed by atoms with Gasteiger partial charge in [-0.05, 0) is 19.4 Å². The molecule has 0 aliphatic carbocycles. The largest absolute Gasteiger partial charge is 0.379 e. The molecular formula is C15H22NO5P. The van der Waals surface area contributed by atoms with E-state index in [1.54, 1.807) is 13.8 Å². The highest BCUT2D eigenvalue weighted by Gasteiger charge is 2.41. The molecule has 22 heavy (non-hydrogen) atoms. The fourth-order valence-corrected chi connectivity index (χ4v) is 3.81. The van der Waals surface area contributed by atoms with Gasteiger partial charge in [-0.2, -0.15) is 0 Å². The molecule has 2 rings (SSSR count). The van der Waals surface area contributed by atoms with Gasteiger partial charge in [-0.1, -0.05) is 35.5 Å². The van der Waals surface area contributed by atoms with Gasteiger partial charge in [0.15, 0.2) is 0 Å². The fraction of sp³-hybridized carbons (Fsp3) is 0.533. The molecule has 0 N–H and O–H groups in total. The van der Waals surface area contributed by atoms with Crippen LogP contribution < -0.4 is 0 Å². The normalized spacial score (nSPS) is 18.1. The van der Waals surface area contributed by atoms with Gasteiger partial charge in [-0.3, -0.25) is 4.57 Å². The third kappa shape index (κ3) is 4.65. The van der Waals surface area contributed by atoms with E-state index < -0.39 is 13.4 Å². The van der Waals surface area contributed by atoms with Crippen LogP contribution >= 0.6 is 7.60 Å². The third-order valence-corrected chi connectivity index (χ3v) is 5.28. The van der Waals surface area contributed by atoms with E-state index in [1.165, 1.54) is 0 Å². The van der Waals surface area contributed by atoms with Crippen LogP contribution in [0.2, 0.25) is 0 Å². The van der Waals surface area contributed by atoms with Crippen LogP contribution in [0, 0.1) is 0 Å². The van der Waals surface area contributed by atoms with Crippen molar-refractivity contribution in [3.8, 4) is 0 Å². The van der Waals surface area contributed by atoms with Crippen LogP contribution in [-0.4, -0.2) is 31.4 Å². The fourth-order valence-electron chi connectivity index (χ4n) is 2.09. The van der Waals surface area contributed by atoms with Gasteiger partial charge in [0.1, 0.15) is 0 Å². The standard InChI is InChI=1S/C15H22NO5P/c1-3-19-22(17,20-4-2)15-10-14(16-21-15)12-18-11-13-8-6-5-7-9-13/h5-9,15H,3-4,10-12H2,1-2H3/t15-/m1/s1. The first-order valence-electron chi connectivity index (χ1n) is 7.40. The minimum absolute atomic E-state index is 0.303. The van der Waals surface area contributed by atoms with Gasteiger partial charge in [0.05, 0.1) is 32.1 Å². The monoisotopic (exact) mass is 327 g/mol. The molecule has 7 heteroatoms. The topological polar surface area (TPSA) is 66.4 Å². The molecule has 0 spiro atoms. The second-order valence-electron chi connectivity index (χ2n) is 4.78. The second kappa shape index (κ2) is 8.44. The average molecular weight is 327 g/mol. The Kier molecular flexibility index (Phi) is 6.58. The highest BCUT2D eigenvalue weighted by molar-refractivity contribution is 7.54. The molecule has 122 valence electrons. The molecule has 0 bridgehead atoms. The summed E-state index contributed by atoms with van der Waals surface area (Å²) in [7, 11) is -3.29. The summed E-state index contributed by atoms with van der Waals surface area (Å²) in [4.78, 5) is 5.23. The van der Waals surface area contributed by atoms with Gasteiger partial charge in [0.2, 0.25) is 5.85 Å². The quantitative estimate of drug-likeness (QED) is 0.649. The Morgan fingerprint density at radius 2 is 1.86 bits per heavy atom. The zero-order valence-electron chi connectivity index (χ0n) is 12.9. The van der Waals surface area contributed by atoms with Crippen molar-refractivity contribution in [2.24, 2.45) is 5.16 Å². The zero-order chi connectivity index (χ0) is 15.8. The van der Waals surface area contributed by atoms with E-state index >= 15 is 0 Å². The van der Waals surface area contributed by atoms with Crippen molar-refractivity contribution >= 4 is 13.3 Å². The Bertz CT molecular complexity index is 524. The Labute approximate surface area is 130 Å². The van der Waals surface area contributed by atoms with E-state index in [0.29, 0.717) is 38.6 Å². The number of benzene rings is 1. The summed E-state index contributed by atoms with van der Waals surface area (Å²) in [5, 5.41) is 3.94. The number of hydrogen-bond donors (Lipinski definition) is 0. The van der Waals surface area contributed by atoms with Crippen LogP contribution in [0.4, 0.5) is 0 Å². The summed E-state index contributed by atoms with van der Waals surface area (Å²) in [6.07, 6.45) is 0.395. The first-order chi connectivity index (χ1) is 10.7. The number of rotatable bonds is 9. The Morgan fingerprint density at radius 3 is 2.50 bits per heavy atom. The molecule has 0 unspecified atom stereocenters. The summed E-state index contributed by atoms with van der Waals surface area (Å²) in [6.45, 7) is 4.98. The first kappa shape index (κ1) is 17.2. The molecule has 0 fully saturated rings. The van der Waals surface area contributed by atoms with Gasteiger partial charge in [-0.15, -0.1) is 0 Å². The smallest absolute Gasteiger partial charge is 0.374 e. The number of ether oxygens (including phenoxy) is 1. The number of oxime groups is 1. The van der Waals surface area contributed by atoms with Gasteiger partial charge < -0.3 is 18.6 Å². The molecule has 1 aromatic rings. The Hall–Kier alpha value is -1.20. The predicted molar refractivity (Wildman–Crippen MR) is 83.9 cm³/mol. The molecule has 0 radical (unpaired) electrons. The maximum Gasteiger partial charge on any atom is 0.374 e.